The molecule has 1 fully saturated rings. The van der Waals surface area contributed by atoms with Crippen LogP contribution in [-0.4, -0.2) is 24.7 Å². The predicted molar refractivity (Wildman–Crippen MR) is 142 cm³/mol. The van der Waals surface area contributed by atoms with Gasteiger partial charge in [-0.25, -0.2) is 0 Å². The zero-order valence-corrected chi connectivity index (χ0v) is 21.1. The molecule has 3 aromatic rings. The number of hydrogen-bond donors (Lipinski definition) is 1. The summed E-state index contributed by atoms with van der Waals surface area (Å²) in [7, 11) is 1.63. The third kappa shape index (κ3) is 5.30. The van der Waals surface area contributed by atoms with Crippen molar-refractivity contribution in [2.45, 2.75) is 27.4 Å². The smallest absolute Gasteiger partial charge is 0.281 e. The van der Waals surface area contributed by atoms with Crippen molar-refractivity contribution in [2.24, 2.45) is 0 Å². The van der Waals surface area contributed by atoms with E-state index in [0.717, 1.165) is 33.9 Å². The fourth-order valence-corrected chi connectivity index (χ4v) is 4.13. The Labute approximate surface area is 211 Å². The lowest BCUT2D eigenvalue weighted by molar-refractivity contribution is -0.113. The number of aryl methyl sites for hydroxylation is 1. The number of rotatable bonds is 8. The van der Waals surface area contributed by atoms with Crippen LogP contribution in [0, 0.1) is 13.8 Å². The molecule has 7 heteroatoms. The van der Waals surface area contributed by atoms with Crippen LogP contribution in [-0.2, 0) is 11.4 Å². The van der Waals surface area contributed by atoms with Crippen LogP contribution in [0.5, 0.6) is 17.2 Å². The summed E-state index contributed by atoms with van der Waals surface area (Å²) in [4.78, 5) is 14.6. The summed E-state index contributed by atoms with van der Waals surface area (Å²) in [6, 6.07) is 19.0. The van der Waals surface area contributed by atoms with Crippen LogP contribution in [0.4, 0.5) is 5.69 Å². The molecular formula is C28H28N2O4S. The number of nitrogens with zero attached hydrogens (tertiary/aromatic N) is 1. The van der Waals surface area contributed by atoms with E-state index in [2.05, 4.69) is 18.3 Å². The molecule has 3 aromatic carbocycles. The van der Waals surface area contributed by atoms with E-state index in [1.807, 2.05) is 68.4 Å². The first-order valence-corrected chi connectivity index (χ1v) is 11.8. The third-order valence-electron chi connectivity index (χ3n) is 5.84. The molecular weight excluding hydrogens is 460 g/mol. The highest BCUT2D eigenvalue weighted by atomic mass is 32.1. The number of methoxy groups -OCH3 is 1. The van der Waals surface area contributed by atoms with E-state index in [1.54, 1.807) is 13.2 Å². The van der Waals surface area contributed by atoms with Crippen molar-refractivity contribution >= 4 is 35.0 Å². The molecule has 1 aliphatic heterocycles. The molecule has 0 aliphatic carbocycles. The van der Waals surface area contributed by atoms with Gasteiger partial charge in [-0.2, -0.15) is 0 Å². The van der Waals surface area contributed by atoms with Gasteiger partial charge in [-0.05, 0) is 98.2 Å². The average molecular weight is 489 g/mol. The van der Waals surface area contributed by atoms with Gasteiger partial charge in [0.1, 0.15) is 29.6 Å². The normalized spacial score (nSPS) is 14.3. The van der Waals surface area contributed by atoms with Gasteiger partial charge in [0.05, 0.1) is 19.4 Å². The molecule has 0 aromatic heterocycles. The maximum absolute atomic E-state index is 13.1. The summed E-state index contributed by atoms with van der Waals surface area (Å²) in [6.07, 6.45) is 1.78. The maximum Gasteiger partial charge on any atom is 0.281 e. The second-order valence-corrected chi connectivity index (χ2v) is 8.50. The zero-order chi connectivity index (χ0) is 24.9. The van der Waals surface area contributed by atoms with Gasteiger partial charge >= 0.3 is 0 Å². The number of carbonyl (C=O) groups excluding carboxylic acids is 1. The minimum Gasteiger partial charge on any atom is -0.496 e. The van der Waals surface area contributed by atoms with Crippen molar-refractivity contribution < 1.29 is 19.0 Å². The van der Waals surface area contributed by atoms with E-state index in [4.69, 9.17) is 26.4 Å². The first-order chi connectivity index (χ1) is 16.9. The second-order valence-electron chi connectivity index (χ2n) is 8.11. The van der Waals surface area contributed by atoms with Crippen LogP contribution in [0.2, 0.25) is 0 Å². The van der Waals surface area contributed by atoms with Crippen LogP contribution >= 0.6 is 12.2 Å². The molecule has 1 heterocycles. The van der Waals surface area contributed by atoms with Gasteiger partial charge < -0.3 is 19.5 Å². The van der Waals surface area contributed by atoms with Gasteiger partial charge in [0, 0.05) is 5.56 Å². The third-order valence-corrected chi connectivity index (χ3v) is 6.12. The zero-order valence-electron chi connectivity index (χ0n) is 20.3. The van der Waals surface area contributed by atoms with Crippen LogP contribution in [0.15, 0.2) is 66.4 Å². The van der Waals surface area contributed by atoms with Crippen molar-refractivity contribution in [1.29, 1.82) is 0 Å². The van der Waals surface area contributed by atoms with Crippen molar-refractivity contribution in [3.63, 3.8) is 0 Å². The molecule has 4 rings (SSSR count). The number of anilines is 1. The number of benzene rings is 3. The van der Waals surface area contributed by atoms with Crippen LogP contribution in [0.3, 0.4) is 0 Å². The lowest BCUT2D eigenvalue weighted by Gasteiger charge is -2.14. The van der Waals surface area contributed by atoms with E-state index < -0.39 is 0 Å². The summed E-state index contributed by atoms with van der Waals surface area (Å²) >= 11 is 5.44. The maximum atomic E-state index is 13.1. The Morgan fingerprint density at radius 1 is 1.00 bits per heavy atom. The number of nitrogens with one attached hydrogen (secondary N) is 1. The quantitative estimate of drug-likeness (QED) is 0.331. The van der Waals surface area contributed by atoms with E-state index in [0.29, 0.717) is 29.7 Å². The number of hydrogen-bond acceptors (Lipinski definition) is 5. The lowest BCUT2D eigenvalue weighted by atomic mass is 10.1. The summed E-state index contributed by atoms with van der Waals surface area (Å²) in [6.45, 7) is 6.94. The summed E-state index contributed by atoms with van der Waals surface area (Å²) < 4.78 is 17.1. The molecule has 0 spiro atoms. The topological polar surface area (TPSA) is 60.0 Å². The molecule has 0 bridgehead atoms. The first-order valence-electron chi connectivity index (χ1n) is 11.4. The standard InChI is InChI=1S/C28H28N2O4S/c1-5-33-23-12-10-22(11-13-23)30-27(31)24(29-28(30)35)16-20-9-14-26(32-4)21(15-20)17-34-25-8-6-7-18(2)19(25)3/h6-16H,5,17H2,1-4H3,(H,29,35)/b24-16+. The molecule has 0 saturated carbocycles. The molecule has 1 aliphatic rings. The molecule has 180 valence electrons. The average Bonchev–Trinajstić information content (AvgIpc) is 3.13. The number of carbonyl (C=O) groups is 1. The van der Waals surface area contributed by atoms with Gasteiger partial charge in [-0.3, -0.25) is 9.69 Å². The van der Waals surface area contributed by atoms with Crippen molar-refractivity contribution in [3.8, 4) is 17.2 Å². The highest BCUT2D eigenvalue weighted by Gasteiger charge is 2.32. The Bertz CT molecular complexity index is 1280. The summed E-state index contributed by atoms with van der Waals surface area (Å²) in [5.74, 6) is 2.07. The second kappa shape index (κ2) is 10.6. The Kier molecular flexibility index (Phi) is 7.36. The molecule has 1 amide bonds. The SMILES string of the molecule is CCOc1ccc(N2C(=O)/C(=C\c3ccc(OC)c(COc4cccc(C)c4C)c3)NC2=S)cc1. The van der Waals surface area contributed by atoms with Gasteiger partial charge in [0.25, 0.3) is 5.91 Å². The van der Waals surface area contributed by atoms with E-state index >= 15 is 0 Å². The Balaban J connectivity index is 1.55. The highest BCUT2D eigenvalue weighted by molar-refractivity contribution is 7.80. The fourth-order valence-electron chi connectivity index (χ4n) is 3.83. The molecule has 35 heavy (non-hydrogen) atoms. The monoisotopic (exact) mass is 488 g/mol. The predicted octanol–water partition coefficient (Wildman–Crippen LogP) is 5.55. The Hall–Kier alpha value is -3.84. The highest BCUT2D eigenvalue weighted by Crippen LogP contribution is 2.28. The van der Waals surface area contributed by atoms with E-state index in [9.17, 15) is 4.79 Å². The Morgan fingerprint density at radius 3 is 2.49 bits per heavy atom. The van der Waals surface area contributed by atoms with E-state index in [1.165, 1.54) is 10.5 Å². The molecule has 0 atom stereocenters. The lowest BCUT2D eigenvalue weighted by Crippen LogP contribution is -2.30. The van der Waals surface area contributed by atoms with Gasteiger partial charge in [-0.15, -0.1) is 0 Å². The van der Waals surface area contributed by atoms with Gasteiger partial charge in [0.2, 0.25) is 0 Å². The molecule has 6 nitrogen and oxygen atoms in total. The minimum atomic E-state index is -0.219. The summed E-state index contributed by atoms with van der Waals surface area (Å²) in [5.41, 5.74) is 5.06. The molecule has 0 radical (unpaired) electrons. The molecule has 0 unspecified atom stereocenters. The minimum absolute atomic E-state index is 0.219. The van der Waals surface area contributed by atoms with Gasteiger partial charge in [-0.1, -0.05) is 18.2 Å². The molecule has 1 N–H and O–H groups in total. The summed E-state index contributed by atoms with van der Waals surface area (Å²) in [5, 5.41) is 3.37. The number of ether oxygens (including phenoxy) is 3. The molecule has 1 saturated heterocycles. The van der Waals surface area contributed by atoms with Crippen molar-refractivity contribution in [2.75, 3.05) is 18.6 Å². The van der Waals surface area contributed by atoms with Crippen LogP contribution in [0.25, 0.3) is 6.08 Å². The van der Waals surface area contributed by atoms with Gasteiger partial charge in [0.15, 0.2) is 5.11 Å². The van der Waals surface area contributed by atoms with Crippen molar-refractivity contribution in [1.82, 2.24) is 5.32 Å². The number of thiocarbonyl (C=S) groups is 1. The van der Waals surface area contributed by atoms with Crippen molar-refractivity contribution in [3.05, 3.63) is 88.6 Å². The van der Waals surface area contributed by atoms with Crippen LogP contribution in [0.1, 0.15) is 29.2 Å². The Morgan fingerprint density at radius 2 is 1.77 bits per heavy atom. The van der Waals surface area contributed by atoms with Crippen LogP contribution < -0.4 is 24.4 Å². The van der Waals surface area contributed by atoms with E-state index in [-0.39, 0.29) is 5.91 Å². The first kappa shape index (κ1) is 24.3. The largest absolute Gasteiger partial charge is 0.496 e. The fraction of sp³-hybridized carbons (Fsp3) is 0.214. The number of amides is 1.